The number of hydrogen-bond donors (Lipinski definition) is 1. The van der Waals surface area contributed by atoms with Crippen molar-refractivity contribution in [1.82, 2.24) is 4.98 Å². The van der Waals surface area contributed by atoms with Crippen LogP contribution in [0.25, 0.3) is 10.8 Å². The Morgan fingerprint density at radius 3 is 2.65 bits per heavy atom. The highest BCUT2D eigenvalue weighted by molar-refractivity contribution is 6.42. The third kappa shape index (κ3) is 2.87. The van der Waals surface area contributed by atoms with Crippen LogP contribution in [0.3, 0.4) is 0 Å². The van der Waals surface area contributed by atoms with Crippen LogP contribution in [0, 0.1) is 0 Å². The second kappa shape index (κ2) is 5.70. The van der Waals surface area contributed by atoms with E-state index in [2.05, 4.69) is 28.5 Å². The standard InChI is InChI=1S/C16H12Cl2N2/c17-15-4-3-14(8-16(15)18)20-9-11-1-2-13-10-19-6-5-12(13)7-11/h1-8,10,20H,9H2. The van der Waals surface area contributed by atoms with Crippen LogP contribution in [0.5, 0.6) is 0 Å². The van der Waals surface area contributed by atoms with Gasteiger partial charge in [0, 0.05) is 30.0 Å². The van der Waals surface area contributed by atoms with Gasteiger partial charge in [-0.1, -0.05) is 35.3 Å². The number of anilines is 1. The number of halogens is 2. The van der Waals surface area contributed by atoms with Gasteiger partial charge in [0.25, 0.3) is 0 Å². The number of rotatable bonds is 3. The number of aromatic nitrogens is 1. The summed E-state index contributed by atoms with van der Waals surface area (Å²) >= 11 is 11.9. The third-order valence-electron chi connectivity index (χ3n) is 3.12. The molecule has 0 bridgehead atoms. The number of pyridine rings is 1. The molecule has 0 unspecified atom stereocenters. The summed E-state index contributed by atoms with van der Waals surface area (Å²) < 4.78 is 0. The van der Waals surface area contributed by atoms with Crippen LogP contribution in [-0.2, 0) is 6.54 Å². The Kier molecular flexibility index (Phi) is 3.77. The molecule has 20 heavy (non-hydrogen) atoms. The van der Waals surface area contributed by atoms with Gasteiger partial charge < -0.3 is 5.32 Å². The van der Waals surface area contributed by atoms with E-state index in [-0.39, 0.29) is 0 Å². The smallest absolute Gasteiger partial charge is 0.0612 e. The monoisotopic (exact) mass is 302 g/mol. The van der Waals surface area contributed by atoms with Crippen LogP contribution in [0.4, 0.5) is 5.69 Å². The predicted octanol–water partition coefficient (Wildman–Crippen LogP) is 5.15. The number of fused-ring (bicyclic) bond motifs is 1. The van der Waals surface area contributed by atoms with E-state index in [1.165, 1.54) is 10.9 Å². The highest BCUT2D eigenvalue weighted by atomic mass is 35.5. The van der Waals surface area contributed by atoms with E-state index in [1.807, 2.05) is 24.4 Å². The van der Waals surface area contributed by atoms with Crippen LogP contribution < -0.4 is 5.32 Å². The molecule has 0 radical (unpaired) electrons. The zero-order valence-corrected chi connectivity index (χ0v) is 12.1. The van der Waals surface area contributed by atoms with E-state index in [4.69, 9.17) is 23.2 Å². The minimum absolute atomic E-state index is 0.557. The molecule has 0 aliphatic heterocycles. The lowest BCUT2D eigenvalue weighted by atomic mass is 10.1. The molecule has 1 aromatic heterocycles. The summed E-state index contributed by atoms with van der Waals surface area (Å²) in [5.41, 5.74) is 2.16. The van der Waals surface area contributed by atoms with Gasteiger partial charge in [0.2, 0.25) is 0 Å². The fourth-order valence-corrected chi connectivity index (χ4v) is 2.35. The van der Waals surface area contributed by atoms with Gasteiger partial charge >= 0.3 is 0 Å². The summed E-state index contributed by atoms with van der Waals surface area (Å²) in [4.78, 5) is 4.11. The first-order valence-electron chi connectivity index (χ1n) is 6.24. The van der Waals surface area contributed by atoms with Crippen molar-refractivity contribution in [3.05, 3.63) is 70.5 Å². The first-order chi connectivity index (χ1) is 9.72. The Morgan fingerprint density at radius 2 is 1.80 bits per heavy atom. The van der Waals surface area contributed by atoms with E-state index in [9.17, 15) is 0 Å². The van der Waals surface area contributed by atoms with Gasteiger partial charge in [-0.25, -0.2) is 0 Å². The van der Waals surface area contributed by atoms with Gasteiger partial charge in [-0.2, -0.15) is 0 Å². The second-order valence-corrected chi connectivity index (χ2v) is 5.35. The highest BCUT2D eigenvalue weighted by Gasteiger charge is 2.00. The van der Waals surface area contributed by atoms with Crippen molar-refractivity contribution < 1.29 is 0 Å². The third-order valence-corrected chi connectivity index (χ3v) is 3.86. The zero-order valence-electron chi connectivity index (χ0n) is 10.6. The van der Waals surface area contributed by atoms with Crippen molar-refractivity contribution in [3.63, 3.8) is 0 Å². The van der Waals surface area contributed by atoms with Gasteiger partial charge in [0.05, 0.1) is 10.0 Å². The molecular weight excluding hydrogens is 291 g/mol. The summed E-state index contributed by atoms with van der Waals surface area (Å²) in [5, 5.41) is 6.79. The molecule has 0 aliphatic rings. The van der Waals surface area contributed by atoms with Crippen LogP contribution in [0.2, 0.25) is 10.0 Å². The first kappa shape index (κ1) is 13.2. The topological polar surface area (TPSA) is 24.9 Å². The summed E-state index contributed by atoms with van der Waals surface area (Å²) in [6, 6.07) is 13.9. The molecule has 0 aliphatic carbocycles. The average molecular weight is 303 g/mol. The van der Waals surface area contributed by atoms with Crippen molar-refractivity contribution in [1.29, 1.82) is 0 Å². The molecule has 1 N–H and O–H groups in total. The van der Waals surface area contributed by atoms with E-state index >= 15 is 0 Å². The second-order valence-electron chi connectivity index (χ2n) is 4.54. The van der Waals surface area contributed by atoms with Gasteiger partial charge in [0.15, 0.2) is 0 Å². The van der Waals surface area contributed by atoms with Gasteiger partial charge in [0.1, 0.15) is 0 Å². The minimum atomic E-state index is 0.557. The SMILES string of the molecule is Clc1ccc(NCc2ccc3cnccc3c2)cc1Cl. The van der Waals surface area contributed by atoms with E-state index in [0.717, 1.165) is 17.6 Å². The minimum Gasteiger partial charge on any atom is -0.381 e. The average Bonchev–Trinajstić information content (AvgIpc) is 2.48. The van der Waals surface area contributed by atoms with Crippen molar-refractivity contribution in [2.45, 2.75) is 6.54 Å². The summed E-state index contributed by atoms with van der Waals surface area (Å²) in [7, 11) is 0. The molecule has 4 heteroatoms. The Hall–Kier alpha value is -1.77. The molecule has 0 spiro atoms. The maximum absolute atomic E-state index is 5.99. The fourth-order valence-electron chi connectivity index (χ4n) is 2.05. The quantitative estimate of drug-likeness (QED) is 0.723. The summed E-state index contributed by atoms with van der Waals surface area (Å²) in [6.45, 7) is 0.732. The maximum atomic E-state index is 5.99. The summed E-state index contributed by atoms with van der Waals surface area (Å²) in [6.07, 6.45) is 3.67. The highest BCUT2D eigenvalue weighted by Crippen LogP contribution is 2.25. The Labute approximate surface area is 127 Å². The molecule has 0 saturated heterocycles. The number of nitrogens with one attached hydrogen (secondary N) is 1. The predicted molar refractivity (Wildman–Crippen MR) is 85.5 cm³/mol. The largest absolute Gasteiger partial charge is 0.381 e. The van der Waals surface area contributed by atoms with Crippen LogP contribution in [0.15, 0.2) is 54.9 Å². The van der Waals surface area contributed by atoms with Gasteiger partial charge in [-0.15, -0.1) is 0 Å². The lowest BCUT2D eigenvalue weighted by Crippen LogP contribution is -1.99. The van der Waals surface area contributed by atoms with E-state index in [0.29, 0.717) is 10.0 Å². The van der Waals surface area contributed by atoms with E-state index in [1.54, 1.807) is 12.3 Å². The van der Waals surface area contributed by atoms with Crippen molar-refractivity contribution in [2.24, 2.45) is 0 Å². The molecule has 0 atom stereocenters. The molecular formula is C16H12Cl2N2. The first-order valence-corrected chi connectivity index (χ1v) is 6.99. The Morgan fingerprint density at radius 1 is 0.900 bits per heavy atom. The lowest BCUT2D eigenvalue weighted by Gasteiger charge is -2.08. The van der Waals surface area contributed by atoms with Crippen LogP contribution >= 0.6 is 23.2 Å². The normalized spacial score (nSPS) is 10.7. The van der Waals surface area contributed by atoms with Gasteiger partial charge in [-0.05, 0) is 41.3 Å². The summed E-state index contributed by atoms with van der Waals surface area (Å²) in [5.74, 6) is 0. The molecule has 2 nitrogen and oxygen atoms in total. The van der Waals surface area contributed by atoms with Crippen molar-refractivity contribution in [2.75, 3.05) is 5.32 Å². The molecule has 0 saturated carbocycles. The molecule has 3 aromatic rings. The lowest BCUT2D eigenvalue weighted by molar-refractivity contribution is 1.15. The number of hydrogen-bond acceptors (Lipinski definition) is 2. The maximum Gasteiger partial charge on any atom is 0.0612 e. The molecule has 100 valence electrons. The molecule has 0 fully saturated rings. The Bertz CT molecular complexity index is 756. The molecule has 1 heterocycles. The zero-order chi connectivity index (χ0) is 13.9. The van der Waals surface area contributed by atoms with Crippen molar-refractivity contribution in [3.8, 4) is 0 Å². The molecule has 0 amide bonds. The van der Waals surface area contributed by atoms with Crippen molar-refractivity contribution >= 4 is 39.7 Å². The molecule has 3 rings (SSSR count). The molecule has 2 aromatic carbocycles. The van der Waals surface area contributed by atoms with Gasteiger partial charge in [-0.3, -0.25) is 4.98 Å². The van der Waals surface area contributed by atoms with Crippen LogP contribution in [0.1, 0.15) is 5.56 Å². The van der Waals surface area contributed by atoms with Crippen LogP contribution in [-0.4, -0.2) is 4.98 Å². The Balaban J connectivity index is 1.77. The number of benzene rings is 2. The fraction of sp³-hybridized carbons (Fsp3) is 0.0625. The number of nitrogens with zero attached hydrogens (tertiary/aromatic N) is 1. The van der Waals surface area contributed by atoms with E-state index < -0.39 is 0 Å².